The number of rotatable bonds is 8. The summed E-state index contributed by atoms with van der Waals surface area (Å²) in [6.45, 7) is 1.97. The zero-order chi connectivity index (χ0) is 20.0. The maximum atomic E-state index is 13.8. The molecule has 4 heteroatoms. The lowest BCUT2D eigenvalue weighted by Crippen LogP contribution is -2.38. The van der Waals surface area contributed by atoms with E-state index in [0.29, 0.717) is 17.7 Å². The van der Waals surface area contributed by atoms with Gasteiger partial charge in [-0.3, -0.25) is 0 Å². The molecule has 2 nitrogen and oxygen atoms in total. The standard InChI is InChI=1S/C24H26O2S2/c1-20-13-15-23(16-14-20)28(25,26)24(27-2,19-22-11-7-4-8-12-22)18-17-21-9-5-3-6-10-21/h3-16H,17-19H2,1-2H3. The third-order valence-electron chi connectivity index (χ3n) is 5.15. The van der Waals surface area contributed by atoms with Gasteiger partial charge in [0.25, 0.3) is 0 Å². The van der Waals surface area contributed by atoms with Crippen LogP contribution in [-0.2, 0) is 22.7 Å². The molecule has 0 fully saturated rings. The maximum absolute atomic E-state index is 13.8. The van der Waals surface area contributed by atoms with Crippen LogP contribution in [0.15, 0.2) is 89.8 Å². The third kappa shape index (κ3) is 4.50. The van der Waals surface area contributed by atoms with Crippen molar-refractivity contribution < 1.29 is 8.42 Å². The summed E-state index contributed by atoms with van der Waals surface area (Å²) in [7, 11) is -3.53. The summed E-state index contributed by atoms with van der Waals surface area (Å²) in [6.07, 6.45) is 3.68. The number of benzene rings is 3. The van der Waals surface area contributed by atoms with Crippen LogP contribution in [0.25, 0.3) is 0 Å². The Hall–Kier alpha value is -2.04. The molecule has 0 aromatic heterocycles. The Bertz CT molecular complexity index is 982. The predicted octanol–water partition coefficient (Wildman–Crippen LogP) is 5.70. The van der Waals surface area contributed by atoms with Gasteiger partial charge in [0.05, 0.1) is 4.90 Å². The Labute approximate surface area is 172 Å². The van der Waals surface area contributed by atoms with Crippen LogP contribution in [0.4, 0.5) is 0 Å². The molecule has 0 aliphatic heterocycles. The van der Waals surface area contributed by atoms with Crippen LogP contribution < -0.4 is 0 Å². The number of thioether (sulfide) groups is 1. The van der Waals surface area contributed by atoms with Crippen LogP contribution >= 0.6 is 11.8 Å². The second-order valence-corrected chi connectivity index (χ2v) is 10.8. The lowest BCUT2D eigenvalue weighted by atomic mass is 10.0. The molecule has 0 aliphatic rings. The first kappa shape index (κ1) is 20.7. The maximum Gasteiger partial charge on any atom is 0.193 e. The average Bonchev–Trinajstić information content (AvgIpc) is 2.73. The molecule has 0 bridgehead atoms. The second-order valence-electron chi connectivity index (χ2n) is 7.08. The van der Waals surface area contributed by atoms with Crippen molar-refractivity contribution in [3.8, 4) is 0 Å². The molecule has 0 heterocycles. The van der Waals surface area contributed by atoms with E-state index >= 15 is 0 Å². The normalized spacial score (nSPS) is 13.8. The average molecular weight is 411 g/mol. The first-order valence-corrected chi connectivity index (χ1v) is 12.1. The monoisotopic (exact) mass is 410 g/mol. The molecule has 0 N–H and O–H groups in total. The summed E-state index contributed by atoms with van der Waals surface area (Å²) in [4.78, 5) is 0.399. The first-order valence-electron chi connectivity index (χ1n) is 9.41. The molecule has 3 aromatic carbocycles. The molecule has 1 unspecified atom stereocenters. The highest BCUT2D eigenvalue weighted by Gasteiger charge is 2.43. The number of hydrogen-bond donors (Lipinski definition) is 0. The van der Waals surface area contributed by atoms with E-state index in [0.717, 1.165) is 23.1 Å². The molecule has 0 aliphatic carbocycles. The highest BCUT2D eigenvalue weighted by Crippen LogP contribution is 2.41. The Morgan fingerprint density at radius 2 is 1.32 bits per heavy atom. The minimum absolute atomic E-state index is 0.399. The van der Waals surface area contributed by atoms with Gasteiger partial charge >= 0.3 is 0 Å². The van der Waals surface area contributed by atoms with E-state index in [4.69, 9.17) is 0 Å². The number of aryl methyl sites for hydroxylation is 2. The van der Waals surface area contributed by atoms with E-state index < -0.39 is 13.9 Å². The molecule has 28 heavy (non-hydrogen) atoms. The van der Waals surface area contributed by atoms with Gasteiger partial charge in [-0.1, -0.05) is 78.4 Å². The van der Waals surface area contributed by atoms with Gasteiger partial charge in [0, 0.05) is 6.42 Å². The van der Waals surface area contributed by atoms with Gasteiger partial charge in [0.2, 0.25) is 0 Å². The number of sulfone groups is 1. The van der Waals surface area contributed by atoms with Crippen LogP contribution in [0, 0.1) is 6.92 Å². The van der Waals surface area contributed by atoms with Crippen molar-refractivity contribution >= 4 is 21.6 Å². The van der Waals surface area contributed by atoms with Gasteiger partial charge < -0.3 is 0 Å². The lowest BCUT2D eigenvalue weighted by Gasteiger charge is -2.32. The van der Waals surface area contributed by atoms with Gasteiger partial charge in [0.15, 0.2) is 9.84 Å². The van der Waals surface area contributed by atoms with E-state index in [2.05, 4.69) is 12.1 Å². The second kappa shape index (κ2) is 8.97. The summed E-state index contributed by atoms with van der Waals surface area (Å²) in [6, 6.07) is 27.3. The van der Waals surface area contributed by atoms with E-state index in [-0.39, 0.29) is 0 Å². The van der Waals surface area contributed by atoms with Crippen molar-refractivity contribution in [3.05, 3.63) is 102 Å². The van der Waals surface area contributed by atoms with Crippen LogP contribution in [0.1, 0.15) is 23.1 Å². The van der Waals surface area contributed by atoms with Crippen molar-refractivity contribution in [2.45, 2.75) is 35.2 Å². The molecule has 146 valence electrons. The van der Waals surface area contributed by atoms with Gasteiger partial charge in [-0.15, -0.1) is 11.8 Å². The SMILES string of the molecule is CSC(CCc1ccccc1)(Cc1ccccc1)S(=O)(=O)c1ccc(C)cc1. The van der Waals surface area contributed by atoms with Gasteiger partial charge in [0.1, 0.15) is 4.08 Å². The largest absolute Gasteiger partial charge is 0.222 e. The highest BCUT2D eigenvalue weighted by molar-refractivity contribution is 8.14. The Balaban J connectivity index is 2.02. The molecule has 1 atom stereocenters. The minimum Gasteiger partial charge on any atom is -0.222 e. The van der Waals surface area contributed by atoms with Crippen LogP contribution in [0.3, 0.4) is 0 Å². The Morgan fingerprint density at radius 3 is 1.86 bits per heavy atom. The van der Waals surface area contributed by atoms with E-state index in [1.54, 1.807) is 12.1 Å². The van der Waals surface area contributed by atoms with Crippen molar-refractivity contribution in [2.24, 2.45) is 0 Å². The van der Waals surface area contributed by atoms with Crippen LogP contribution in [-0.4, -0.2) is 18.8 Å². The zero-order valence-electron chi connectivity index (χ0n) is 16.3. The topological polar surface area (TPSA) is 34.1 Å². The van der Waals surface area contributed by atoms with Crippen molar-refractivity contribution in [1.82, 2.24) is 0 Å². The Morgan fingerprint density at radius 1 is 0.786 bits per heavy atom. The van der Waals surface area contributed by atoms with Crippen LogP contribution in [0.2, 0.25) is 0 Å². The van der Waals surface area contributed by atoms with E-state index in [9.17, 15) is 8.42 Å². The smallest absolute Gasteiger partial charge is 0.193 e. The first-order chi connectivity index (χ1) is 13.5. The Kier molecular flexibility index (Phi) is 6.63. The fourth-order valence-electron chi connectivity index (χ4n) is 3.42. The molecule has 0 saturated carbocycles. The van der Waals surface area contributed by atoms with Gasteiger partial charge in [-0.2, -0.15) is 0 Å². The summed E-state index contributed by atoms with van der Waals surface area (Å²) in [5.74, 6) is 0. The molecule has 0 spiro atoms. The molecular weight excluding hydrogens is 384 g/mol. The van der Waals surface area contributed by atoms with E-state index in [1.807, 2.05) is 73.8 Å². The predicted molar refractivity (Wildman–Crippen MR) is 120 cm³/mol. The van der Waals surface area contributed by atoms with Gasteiger partial charge in [-0.05, 0) is 49.3 Å². The molecule has 0 amide bonds. The summed E-state index contributed by atoms with van der Waals surface area (Å²) in [5, 5.41) is 0. The third-order valence-corrected chi connectivity index (χ3v) is 9.62. The molecule has 0 saturated heterocycles. The molecule has 3 aromatic rings. The number of hydrogen-bond acceptors (Lipinski definition) is 3. The van der Waals surface area contributed by atoms with Gasteiger partial charge in [-0.25, -0.2) is 8.42 Å². The summed E-state index contributed by atoms with van der Waals surface area (Å²) in [5.41, 5.74) is 3.26. The minimum atomic E-state index is -3.53. The molecular formula is C24H26O2S2. The van der Waals surface area contributed by atoms with Crippen molar-refractivity contribution in [1.29, 1.82) is 0 Å². The fourth-order valence-corrected chi connectivity index (χ4v) is 6.86. The van der Waals surface area contributed by atoms with E-state index in [1.165, 1.54) is 11.8 Å². The van der Waals surface area contributed by atoms with Crippen molar-refractivity contribution in [2.75, 3.05) is 6.26 Å². The molecule has 3 rings (SSSR count). The lowest BCUT2D eigenvalue weighted by molar-refractivity contribution is 0.556. The zero-order valence-corrected chi connectivity index (χ0v) is 18.0. The summed E-state index contributed by atoms with van der Waals surface area (Å²) >= 11 is 1.45. The van der Waals surface area contributed by atoms with Crippen molar-refractivity contribution in [3.63, 3.8) is 0 Å². The van der Waals surface area contributed by atoms with Crippen LogP contribution in [0.5, 0.6) is 0 Å². The molecule has 0 radical (unpaired) electrons. The fraction of sp³-hybridized carbons (Fsp3) is 0.250. The highest BCUT2D eigenvalue weighted by atomic mass is 32.3. The quantitative estimate of drug-likeness (QED) is 0.477. The summed E-state index contributed by atoms with van der Waals surface area (Å²) < 4.78 is 26.7.